The van der Waals surface area contributed by atoms with Crippen LogP contribution in [0.5, 0.6) is 0 Å². The third-order valence-electron chi connectivity index (χ3n) is 6.51. The molecule has 1 N–H and O–H groups in total. The molecular weight excluding hydrogens is 372 g/mol. The van der Waals surface area contributed by atoms with Gasteiger partial charge < -0.3 is 19.4 Å². The van der Waals surface area contributed by atoms with E-state index in [4.69, 9.17) is 9.47 Å². The molecule has 29 heavy (non-hydrogen) atoms. The highest BCUT2D eigenvalue weighted by atomic mass is 16.6. The molecule has 2 saturated heterocycles. The SMILES string of the molecule is Cn1cncc1C(=O)N[C@H]1CO[C@H]2[C@@H]1OC[C@@H]2n1cc(CC2CCCCC2)nn1. The van der Waals surface area contributed by atoms with Gasteiger partial charge in [0.05, 0.1) is 37.5 Å². The summed E-state index contributed by atoms with van der Waals surface area (Å²) in [6.45, 7) is 0.943. The van der Waals surface area contributed by atoms with Crippen LogP contribution in [0.25, 0.3) is 0 Å². The Kier molecular flexibility index (Phi) is 5.09. The van der Waals surface area contributed by atoms with Crippen molar-refractivity contribution in [2.75, 3.05) is 13.2 Å². The molecule has 0 unspecified atom stereocenters. The predicted octanol–water partition coefficient (Wildman–Crippen LogP) is 1.27. The van der Waals surface area contributed by atoms with E-state index < -0.39 is 0 Å². The van der Waals surface area contributed by atoms with Gasteiger partial charge >= 0.3 is 0 Å². The van der Waals surface area contributed by atoms with Gasteiger partial charge in [0.25, 0.3) is 5.91 Å². The second kappa shape index (κ2) is 7.87. The van der Waals surface area contributed by atoms with E-state index in [9.17, 15) is 4.79 Å². The summed E-state index contributed by atoms with van der Waals surface area (Å²) < 4.78 is 15.6. The molecule has 3 fully saturated rings. The largest absolute Gasteiger partial charge is 0.371 e. The summed E-state index contributed by atoms with van der Waals surface area (Å²) in [5.41, 5.74) is 1.58. The minimum Gasteiger partial charge on any atom is -0.371 e. The van der Waals surface area contributed by atoms with Crippen molar-refractivity contribution in [3.8, 4) is 0 Å². The van der Waals surface area contributed by atoms with Crippen LogP contribution >= 0.6 is 0 Å². The second-order valence-electron chi connectivity index (χ2n) is 8.53. The molecule has 0 radical (unpaired) electrons. The van der Waals surface area contributed by atoms with Crippen LogP contribution < -0.4 is 5.32 Å². The molecule has 3 aliphatic rings. The van der Waals surface area contributed by atoms with Crippen LogP contribution in [-0.2, 0) is 22.9 Å². The molecule has 2 aliphatic heterocycles. The number of imidazole rings is 1. The number of carbonyl (C=O) groups is 1. The van der Waals surface area contributed by atoms with Crippen molar-refractivity contribution in [1.29, 1.82) is 0 Å². The zero-order valence-electron chi connectivity index (χ0n) is 16.7. The van der Waals surface area contributed by atoms with Gasteiger partial charge in [-0.05, 0) is 12.3 Å². The fourth-order valence-electron chi connectivity index (χ4n) is 4.90. The van der Waals surface area contributed by atoms with Gasteiger partial charge in [-0.25, -0.2) is 9.67 Å². The molecule has 9 nitrogen and oxygen atoms in total. The highest BCUT2D eigenvalue weighted by Gasteiger charge is 2.49. The number of fused-ring (bicyclic) bond motifs is 1. The van der Waals surface area contributed by atoms with Crippen molar-refractivity contribution in [2.45, 2.75) is 62.8 Å². The Morgan fingerprint density at radius 2 is 2.03 bits per heavy atom. The van der Waals surface area contributed by atoms with Gasteiger partial charge in [0, 0.05) is 13.2 Å². The zero-order valence-corrected chi connectivity index (χ0v) is 16.7. The van der Waals surface area contributed by atoms with Crippen molar-refractivity contribution < 1.29 is 14.3 Å². The Morgan fingerprint density at radius 1 is 1.21 bits per heavy atom. The van der Waals surface area contributed by atoms with Crippen molar-refractivity contribution >= 4 is 5.91 Å². The zero-order chi connectivity index (χ0) is 19.8. The molecule has 0 spiro atoms. The number of aromatic nitrogens is 5. The maximum atomic E-state index is 12.5. The molecule has 0 bridgehead atoms. The number of rotatable bonds is 5. The van der Waals surface area contributed by atoms with E-state index in [1.54, 1.807) is 24.1 Å². The van der Waals surface area contributed by atoms with E-state index in [2.05, 4.69) is 26.8 Å². The average Bonchev–Trinajstić information content (AvgIpc) is 3.49. The molecule has 4 heterocycles. The van der Waals surface area contributed by atoms with E-state index in [1.807, 2.05) is 4.68 Å². The number of nitrogens with one attached hydrogen (secondary N) is 1. The van der Waals surface area contributed by atoms with E-state index in [-0.39, 0.29) is 30.2 Å². The first kappa shape index (κ1) is 18.7. The molecule has 5 rings (SSSR count). The molecule has 2 aromatic heterocycles. The fraction of sp³-hybridized carbons (Fsp3) is 0.700. The highest BCUT2D eigenvalue weighted by molar-refractivity contribution is 5.92. The minimum atomic E-state index is -0.183. The summed E-state index contributed by atoms with van der Waals surface area (Å²) in [6.07, 6.45) is 12.5. The molecule has 2 aromatic rings. The minimum absolute atomic E-state index is 0.00814. The van der Waals surface area contributed by atoms with Crippen molar-refractivity contribution in [2.24, 2.45) is 13.0 Å². The number of ether oxygens (including phenoxy) is 2. The summed E-state index contributed by atoms with van der Waals surface area (Å²) in [5, 5.41) is 11.8. The topological polar surface area (TPSA) is 96.1 Å². The molecule has 9 heteroatoms. The van der Waals surface area contributed by atoms with Gasteiger partial charge in [-0.3, -0.25) is 4.79 Å². The highest BCUT2D eigenvalue weighted by Crippen LogP contribution is 2.34. The lowest BCUT2D eigenvalue weighted by Gasteiger charge is -2.20. The van der Waals surface area contributed by atoms with E-state index in [1.165, 1.54) is 32.1 Å². The van der Waals surface area contributed by atoms with Crippen molar-refractivity contribution in [3.63, 3.8) is 0 Å². The van der Waals surface area contributed by atoms with Crippen LogP contribution in [0.1, 0.15) is 54.3 Å². The quantitative estimate of drug-likeness (QED) is 0.812. The average molecular weight is 400 g/mol. The first-order chi connectivity index (χ1) is 14.2. The Hall–Kier alpha value is -2.26. The lowest BCUT2D eigenvalue weighted by atomic mass is 9.86. The van der Waals surface area contributed by atoms with Crippen LogP contribution in [0.4, 0.5) is 0 Å². The monoisotopic (exact) mass is 400 g/mol. The summed E-state index contributed by atoms with van der Waals surface area (Å²) in [5.74, 6) is 0.567. The van der Waals surface area contributed by atoms with Gasteiger partial charge in [0.1, 0.15) is 23.9 Å². The Morgan fingerprint density at radius 3 is 2.83 bits per heavy atom. The van der Waals surface area contributed by atoms with E-state index in [0.717, 1.165) is 18.0 Å². The molecule has 1 aliphatic carbocycles. The molecule has 1 saturated carbocycles. The van der Waals surface area contributed by atoms with Gasteiger partial charge in [0.15, 0.2) is 0 Å². The summed E-state index contributed by atoms with van der Waals surface area (Å²) in [4.78, 5) is 16.5. The van der Waals surface area contributed by atoms with Gasteiger partial charge in [-0.2, -0.15) is 0 Å². The lowest BCUT2D eigenvalue weighted by molar-refractivity contribution is 0.0613. The molecule has 0 aromatic carbocycles. The third-order valence-corrected chi connectivity index (χ3v) is 6.51. The van der Waals surface area contributed by atoms with Gasteiger partial charge in [0.2, 0.25) is 0 Å². The number of aryl methyl sites for hydroxylation is 1. The number of hydrogen-bond donors (Lipinski definition) is 1. The fourth-order valence-corrected chi connectivity index (χ4v) is 4.90. The number of nitrogens with zero attached hydrogens (tertiary/aromatic N) is 5. The van der Waals surface area contributed by atoms with Gasteiger partial charge in [-0.15, -0.1) is 5.10 Å². The molecule has 4 atom stereocenters. The van der Waals surface area contributed by atoms with Crippen LogP contribution in [0.3, 0.4) is 0 Å². The first-order valence-corrected chi connectivity index (χ1v) is 10.6. The normalized spacial score (nSPS) is 29.8. The predicted molar refractivity (Wildman–Crippen MR) is 103 cm³/mol. The number of hydrogen-bond acceptors (Lipinski definition) is 6. The summed E-state index contributed by atoms with van der Waals surface area (Å²) in [6, 6.07) is -0.191. The Labute approximate surface area is 169 Å². The van der Waals surface area contributed by atoms with Crippen LogP contribution in [0, 0.1) is 5.92 Å². The van der Waals surface area contributed by atoms with Crippen molar-refractivity contribution in [3.05, 3.63) is 30.1 Å². The van der Waals surface area contributed by atoms with Crippen LogP contribution in [0.15, 0.2) is 18.7 Å². The molecular formula is C20H28N6O3. The molecule has 1 amide bonds. The van der Waals surface area contributed by atoms with Crippen LogP contribution in [0.2, 0.25) is 0 Å². The van der Waals surface area contributed by atoms with Gasteiger partial charge in [-0.1, -0.05) is 37.3 Å². The maximum absolute atomic E-state index is 12.5. The maximum Gasteiger partial charge on any atom is 0.269 e. The number of amides is 1. The second-order valence-corrected chi connectivity index (χ2v) is 8.53. The number of carbonyl (C=O) groups excluding carboxylic acids is 1. The smallest absolute Gasteiger partial charge is 0.269 e. The molecule has 156 valence electrons. The summed E-state index contributed by atoms with van der Waals surface area (Å²) >= 11 is 0. The van der Waals surface area contributed by atoms with Crippen molar-refractivity contribution in [1.82, 2.24) is 29.9 Å². The summed E-state index contributed by atoms with van der Waals surface area (Å²) in [7, 11) is 1.80. The van der Waals surface area contributed by atoms with E-state index >= 15 is 0 Å². The Bertz CT molecular complexity index is 858. The van der Waals surface area contributed by atoms with Crippen LogP contribution in [-0.4, -0.2) is 61.9 Å². The Balaban J connectivity index is 1.21. The lowest BCUT2D eigenvalue weighted by Crippen LogP contribution is -2.44. The standard InChI is InChI=1S/C20H28N6O3/c1-25-12-21-8-16(25)20(27)22-15-10-28-19-17(11-29-18(15)19)26-9-14(23-24-26)7-13-5-3-2-4-6-13/h8-9,12-13,15,17-19H,2-7,10-11H2,1H3,(H,22,27)/t15-,17-,18+,19+/m0/s1. The third kappa shape index (κ3) is 3.69. The first-order valence-electron chi connectivity index (χ1n) is 10.6. The van der Waals surface area contributed by atoms with E-state index in [0.29, 0.717) is 18.9 Å².